The van der Waals surface area contributed by atoms with Crippen molar-refractivity contribution in [2.45, 2.75) is 46.6 Å². The van der Waals surface area contributed by atoms with Crippen LogP contribution in [0.4, 0.5) is 0 Å². The Balaban J connectivity index is 2.68. The molecule has 1 aliphatic heterocycles. The molecule has 0 saturated carbocycles. The molecule has 1 heterocycles. The van der Waals surface area contributed by atoms with Gasteiger partial charge in [0.1, 0.15) is 0 Å². The zero-order valence-corrected chi connectivity index (χ0v) is 12.2. The van der Waals surface area contributed by atoms with Gasteiger partial charge < -0.3 is 10.4 Å². The maximum absolute atomic E-state index is 11.0. The third kappa shape index (κ3) is 5.36. The first-order chi connectivity index (χ1) is 8.30. The fourth-order valence-corrected chi connectivity index (χ4v) is 2.53. The Bertz CT molecular complexity index is 277. The predicted molar refractivity (Wildman–Crippen MR) is 73.7 cm³/mol. The molecule has 0 bridgehead atoms. The second kappa shape index (κ2) is 6.53. The zero-order valence-electron chi connectivity index (χ0n) is 12.2. The molecule has 0 aliphatic carbocycles. The van der Waals surface area contributed by atoms with E-state index in [0.717, 1.165) is 32.6 Å². The highest BCUT2D eigenvalue weighted by Crippen LogP contribution is 2.22. The highest BCUT2D eigenvalue weighted by molar-refractivity contribution is 5.67. The number of carboxylic acid groups (broad SMARTS) is 1. The quantitative estimate of drug-likeness (QED) is 0.787. The van der Waals surface area contributed by atoms with E-state index in [1.54, 1.807) is 0 Å². The van der Waals surface area contributed by atoms with Crippen LogP contribution in [0.3, 0.4) is 0 Å². The normalized spacial score (nSPS) is 25.1. The number of nitrogens with one attached hydrogen (secondary N) is 1. The highest BCUT2D eigenvalue weighted by Gasteiger charge is 2.31. The summed E-state index contributed by atoms with van der Waals surface area (Å²) in [5.74, 6) is -0.0362. The lowest BCUT2D eigenvalue weighted by molar-refractivity contribution is -0.138. The molecule has 1 aliphatic rings. The smallest absolute Gasteiger partial charge is 0.304 e. The van der Waals surface area contributed by atoms with Gasteiger partial charge in [0.2, 0.25) is 0 Å². The van der Waals surface area contributed by atoms with Crippen LogP contribution in [-0.4, -0.2) is 48.2 Å². The van der Waals surface area contributed by atoms with Crippen LogP contribution >= 0.6 is 0 Å². The van der Waals surface area contributed by atoms with Crippen molar-refractivity contribution in [3.8, 4) is 0 Å². The number of nitrogens with zero attached hydrogens (tertiary/aromatic N) is 1. The van der Waals surface area contributed by atoms with Crippen LogP contribution in [0, 0.1) is 11.3 Å². The molecule has 0 spiro atoms. The molecule has 4 nitrogen and oxygen atoms in total. The summed E-state index contributed by atoms with van der Waals surface area (Å²) in [6.45, 7) is 12.6. The van der Waals surface area contributed by atoms with Crippen molar-refractivity contribution < 1.29 is 9.90 Å². The van der Waals surface area contributed by atoms with Crippen molar-refractivity contribution in [1.82, 2.24) is 10.2 Å². The lowest BCUT2D eigenvalue weighted by Gasteiger charge is -2.33. The molecule has 0 aromatic carbocycles. The molecule has 1 unspecified atom stereocenters. The number of aliphatic carboxylic acids is 1. The van der Waals surface area contributed by atoms with Crippen LogP contribution in [0.2, 0.25) is 0 Å². The van der Waals surface area contributed by atoms with E-state index >= 15 is 0 Å². The molecule has 1 fully saturated rings. The van der Waals surface area contributed by atoms with Gasteiger partial charge in [-0.05, 0) is 24.3 Å². The van der Waals surface area contributed by atoms with Gasteiger partial charge in [-0.1, -0.05) is 27.7 Å². The summed E-state index contributed by atoms with van der Waals surface area (Å²) in [5, 5.41) is 12.4. The topological polar surface area (TPSA) is 52.6 Å². The zero-order chi connectivity index (χ0) is 13.8. The van der Waals surface area contributed by atoms with E-state index in [1.807, 2.05) is 0 Å². The molecule has 0 radical (unpaired) electrons. The monoisotopic (exact) mass is 256 g/mol. The maximum Gasteiger partial charge on any atom is 0.304 e. The molecule has 18 heavy (non-hydrogen) atoms. The summed E-state index contributed by atoms with van der Waals surface area (Å²) in [4.78, 5) is 13.3. The summed E-state index contributed by atoms with van der Waals surface area (Å²) >= 11 is 0. The van der Waals surface area contributed by atoms with Crippen molar-refractivity contribution in [3.05, 3.63) is 0 Å². The van der Waals surface area contributed by atoms with Gasteiger partial charge in [-0.3, -0.25) is 9.69 Å². The van der Waals surface area contributed by atoms with E-state index in [1.165, 1.54) is 0 Å². The van der Waals surface area contributed by atoms with Crippen molar-refractivity contribution in [3.63, 3.8) is 0 Å². The number of rotatable bonds is 5. The minimum atomic E-state index is -0.698. The summed E-state index contributed by atoms with van der Waals surface area (Å²) in [6.07, 6.45) is 1.37. The van der Waals surface area contributed by atoms with Gasteiger partial charge in [0.25, 0.3) is 0 Å². The average molecular weight is 256 g/mol. The maximum atomic E-state index is 11.0. The van der Waals surface area contributed by atoms with Crippen LogP contribution < -0.4 is 5.32 Å². The fraction of sp³-hybridized carbons (Fsp3) is 0.929. The average Bonchev–Trinajstić information content (AvgIpc) is 2.34. The number of carboxylic acids is 1. The largest absolute Gasteiger partial charge is 0.481 e. The van der Waals surface area contributed by atoms with Gasteiger partial charge in [0.05, 0.1) is 6.42 Å². The second-order valence-electron chi connectivity index (χ2n) is 6.70. The summed E-state index contributed by atoms with van der Waals surface area (Å²) in [5.41, 5.74) is 0.213. The van der Waals surface area contributed by atoms with Gasteiger partial charge in [-0.15, -0.1) is 0 Å². The van der Waals surface area contributed by atoms with Crippen LogP contribution in [0.25, 0.3) is 0 Å². The minimum absolute atomic E-state index is 0.128. The molecule has 106 valence electrons. The third-order valence-electron chi connectivity index (χ3n) is 3.53. The Morgan fingerprint density at radius 1 is 1.50 bits per heavy atom. The molecule has 0 aromatic heterocycles. The Morgan fingerprint density at radius 2 is 2.17 bits per heavy atom. The van der Waals surface area contributed by atoms with Crippen LogP contribution in [-0.2, 0) is 4.79 Å². The van der Waals surface area contributed by atoms with Crippen LogP contribution in [0.15, 0.2) is 0 Å². The van der Waals surface area contributed by atoms with E-state index in [0.29, 0.717) is 5.92 Å². The molecule has 0 aromatic rings. The molecule has 1 atom stereocenters. The summed E-state index contributed by atoms with van der Waals surface area (Å²) in [7, 11) is 0. The van der Waals surface area contributed by atoms with E-state index < -0.39 is 5.97 Å². The van der Waals surface area contributed by atoms with Gasteiger partial charge >= 0.3 is 5.97 Å². The van der Waals surface area contributed by atoms with Gasteiger partial charge in [-0.2, -0.15) is 0 Å². The minimum Gasteiger partial charge on any atom is -0.481 e. The molecule has 0 amide bonds. The highest BCUT2D eigenvalue weighted by atomic mass is 16.4. The van der Waals surface area contributed by atoms with E-state index in [2.05, 4.69) is 37.9 Å². The SMILES string of the molecule is CC(C)CCN1CC(C)(C)CNCC1CC(=O)O. The first-order valence-corrected chi connectivity index (χ1v) is 6.97. The Labute approximate surface area is 111 Å². The standard InChI is InChI=1S/C14H28N2O2/c1-11(2)5-6-16-10-14(3,4)9-15-8-12(16)7-13(17)18/h11-12,15H,5-10H2,1-4H3,(H,17,18). The molecule has 1 saturated heterocycles. The Kier molecular flexibility index (Phi) is 5.60. The molecular weight excluding hydrogens is 228 g/mol. The van der Waals surface area contributed by atoms with E-state index in [4.69, 9.17) is 5.11 Å². The first kappa shape index (κ1) is 15.4. The number of hydrogen-bond acceptors (Lipinski definition) is 3. The van der Waals surface area contributed by atoms with Crippen molar-refractivity contribution in [1.29, 1.82) is 0 Å². The summed E-state index contributed by atoms with van der Waals surface area (Å²) < 4.78 is 0. The van der Waals surface area contributed by atoms with E-state index in [-0.39, 0.29) is 17.9 Å². The van der Waals surface area contributed by atoms with E-state index in [9.17, 15) is 4.79 Å². The third-order valence-corrected chi connectivity index (χ3v) is 3.53. The molecule has 4 heteroatoms. The number of hydrogen-bond donors (Lipinski definition) is 2. The summed E-state index contributed by atoms with van der Waals surface area (Å²) in [6, 6.07) is 0.128. The Morgan fingerprint density at radius 3 is 2.72 bits per heavy atom. The lowest BCUT2D eigenvalue weighted by Crippen LogP contribution is -2.43. The first-order valence-electron chi connectivity index (χ1n) is 6.97. The van der Waals surface area contributed by atoms with Crippen molar-refractivity contribution >= 4 is 5.97 Å². The molecular formula is C14H28N2O2. The lowest BCUT2D eigenvalue weighted by atomic mass is 9.92. The molecule has 1 rings (SSSR count). The van der Waals surface area contributed by atoms with Gasteiger partial charge in [0, 0.05) is 25.7 Å². The number of carbonyl (C=O) groups is 1. The van der Waals surface area contributed by atoms with Crippen molar-refractivity contribution in [2.75, 3.05) is 26.2 Å². The van der Waals surface area contributed by atoms with Gasteiger partial charge in [0.15, 0.2) is 0 Å². The fourth-order valence-electron chi connectivity index (χ4n) is 2.53. The predicted octanol–water partition coefficient (Wildman–Crippen LogP) is 1.81. The van der Waals surface area contributed by atoms with Crippen LogP contribution in [0.1, 0.15) is 40.5 Å². The molecule has 2 N–H and O–H groups in total. The van der Waals surface area contributed by atoms with Crippen molar-refractivity contribution in [2.24, 2.45) is 11.3 Å². The Hall–Kier alpha value is -0.610. The van der Waals surface area contributed by atoms with Gasteiger partial charge in [-0.25, -0.2) is 0 Å². The van der Waals surface area contributed by atoms with Crippen LogP contribution in [0.5, 0.6) is 0 Å². The second-order valence-corrected chi connectivity index (χ2v) is 6.70.